The lowest BCUT2D eigenvalue weighted by Gasteiger charge is -2.35. The van der Waals surface area contributed by atoms with Crippen molar-refractivity contribution >= 4 is 27.5 Å². The van der Waals surface area contributed by atoms with Gasteiger partial charge in [0.25, 0.3) is 0 Å². The molecular weight excluding hydrogens is 286 g/mol. The van der Waals surface area contributed by atoms with E-state index in [-0.39, 0.29) is 0 Å². The van der Waals surface area contributed by atoms with E-state index in [2.05, 4.69) is 30.6 Å². The van der Waals surface area contributed by atoms with Crippen molar-refractivity contribution < 1.29 is 0 Å². The third kappa shape index (κ3) is 2.46. The van der Waals surface area contributed by atoms with E-state index in [1.807, 2.05) is 17.8 Å². The molecule has 1 N–H and O–H groups in total. The largest absolute Gasteiger partial charge is 0.365 e. The van der Waals surface area contributed by atoms with Crippen LogP contribution in [0.25, 0.3) is 10.3 Å². The number of fused-ring (bicyclic) bond motifs is 1. The normalized spacial score (nSPS) is 21.4. The average molecular weight is 301 g/mol. The van der Waals surface area contributed by atoms with Crippen molar-refractivity contribution in [3.8, 4) is 0 Å². The minimum absolute atomic E-state index is 0.457. The molecule has 8 heteroatoms. The van der Waals surface area contributed by atoms with Crippen LogP contribution >= 0.6 is 11.3 Å². The molecule has 0 aliphatic heterocycles. The zero-order valence-corrected chi connectivity index (χ0v) is 12.4. The Morgan fingerprint density at radius 2 is 2.29 bits per heavy atom. The molecule has 3 aromatic rings. The Balaban J connectivity index is 1.41. The molecule has 0 amide bonds. The van der Waals surface area contributed by atoms with Crippen molar-refractivity contribution in [1.82, 2.24) is 29.9 Å². The molecule has 4 rings (SSSR count). The minimum Gasteiger partial charge on any atom is -0.365 e. The molecule has 3 aromatic heterocycles. The third-order valence-electron chi connectivity index (χ3n) is 3.80. The highest BCUT2D eigenvalue weighted by molar-refractivity contribution is 7.18. The van der Waals surface area contributed by atoms with Crippen LogP contribution in [0.2, 0.25) is 0 Å². The summed E-state index contributed by atoms with van der Waals surface area (Å²) in [6, 6.07) is 0.457. The van der Waals surface area contributed by atoms with Crippen molar-refractivity contribution in [3.63, 3.8) is 0 Å². The van der Waals surface area contributed by atoms with Crippen LogP contribution in [0, 0.1) is 12.8 Å². The molecule has 0 bridgehead atoms. The predicted octanol–water partition coefficient (Wildman–Crippen LogP) is 1.88. The van der Waals surface area contributed by atoms with Gasteiger partial charge in [0.05, 0.1) is 11.2 Å². The second-order valence-electron chi connectivity index (χ2n) is 5.41. The highest BCUT2D eigenvalue weighted by Crippen LogP contribution is 2.32. The summed E-state index contributed by atoms with van der Waals surface area (Å²) in [4.78, 5) is 14.1. The lowest BCUT2D eigenvalue weighted by atomic mass is 9.80. The van der Waals surface area contributed by atoms with Crippen LogP contribution < -0.4 is 5.32 Å². The van der Waals surface area contributed by atoms with Gasteiger partial charge in [0, 0.05) is 18.8 Å². The predicted molar refractivity (Wildman–Crippen MR) is 80.1 cm³/mol. The summed E-state index contributed by atoms with van der Waals surface area (Å²) in [5.41, 5.74) is 0.889. The lowest BCUT2D eigenvalue weighted by Crippen LogP contribution is -2.38. The fraction of sp³-hybridized carbons (Fsp3) is 0.462. The molecular formula is C13H15N7S. The van der Waals surface area contributed by atoms with Gasteiger partial charge >= 0.3 is 0 Å². The molecule has 0 unspecified atom stereocenters. The lowest BCUT2D eigenvalue weighted by molar-refractivity contribution is 0.239. The van der Waals surface area contributed by atoms with Crippen LogP contribution in [0.4, 0.5) is 5.82 Å². The molecule has 0 aromatic carbocycles. The summed E-state index contributed by atoms with van der Waals surface area (Å²) in [7, 11) is 0. The molecule has 0 atom stereocenters. The number of rotatable bonds is 4. The summed E-state index contributed by atoms with van der Waals surface area (Å²) in [6.07, 6.45) is 7.47. The summed E-state index contributed by atoms with van der Waals surface area (Å²) >= 11 is 1.60. The average Bonchev–Trinajstić information content (AvgIpc) is 3.04. The Kier molecular flexibility index (Phi) is 3.03. The zero-order valence-electron chi connectivity index (χ0n) is 11.6. The fourth-order valence-electron chi connectivity index (χ4n) is 2.75. The summed E-state index contributed by atoms with van der Waals surface area (Å²) < 4.78 is 1.90. The van der Waals surface area contributed by atoms with Crippen LogP contribution in [0.5, 0.6) is 0 Å². The number of aromatic nitrogens is 6. The Bertz CT molecular complexity index is 745. The van der Waals surface area contributed by atoms with Crippen LogP contribution in [-0.2, 0) is 6.54 Å². The number of anilines is 1. The summed E-state index contributed by atoms with van der Waals surface area (Å²) in [6.45, 7) is 2.93. The van der Waals surface area contributed by atoms with Gasteiger partial charge in [0.2, 0.25) is 0 Å². The summed E-state index contributed by atoms with van der Waals surface area (Å²) in [5, 5.41) is 12.3. The second-order valence-corrected chi connectivity index (χ2v) is 6.59. The van der Waals surface area contributed by atoms with E-state index in [9.17, 15) is 0 Å². The van der Waals surface area contributed by atoms with E-state index >= 15 is 0 Å². The first-order valence-electron chi connectivity index (χ1n) is 6.96. The number of thiazole rings is 1. The van der Waals surface area contributed by atoms with Crippen LogP contribution in [0.3, 0.4) is 0 Å². The van der Waals surface area contributed by atoms with Gasteiger partial charge in [-0.3, -0.25) is 4.68 Å². The Morgan fingerprint density at radius 3 is 3.10 bits per heavy atom. The van der Waals surface area contributed by atoms with Gasteiger partial charge < -0.3 is 5.32 Å². The Morgan fingerprint density at radius 1 is 1.38 bits per heavy atom. The molecule has 1 fully saturated rings. The van der Waals surface area contributed by atoms with Crippen molar-refractivity contribution in [1.29, 1.82) is 0 Å². The van der Waals surface area contributed by atoms with E-state index in [1.54, 1.807) is 23.9 Å². The molecule has 1 aliphatic carbocycles. The van der Waals surface area contributed by atoms with E-state index < -0.39 is 0 Å². The second kappa shape index (κ2) is 5.03. The SMILES string of the molecule is Cc1nc2c(NC3CC(Cn4ccnn4)C3)ncnc2s1. The smallest absolute Gasteiger partial charge is 0.157 e. The standard InChI is InChI=1S/C13H15N7S/c1-8-17-11-12(14-7-15-13(11)21-8)18-10-4-9(5-10)6-20-3-2-16-19-20/h2-3,7,9-10H,4-6H2,1H3,(H,14,15,18). The van der Waals surface area contributed by atoms with Gasteiger partial charge in [-0.15, -0.1) is 5.10 Å². The maximum absolute atomic E-state index is 4.51. The van der Waals surface area contributed by atoms with Gasteiger partial charge in [-0.25, -0.2) is 15.0 Å². The van der Waals surface area contributed by atoms with Gasteiger partial charge in [-0.2, -0.15) is 0 Å². The van der Waals surface area contributed by atoms with E-state index in [1.165, 1.54) is 0 Å². The molecule has 0 spiro atoms. The zero-order chi connectivity index (χ0) is 14.2. The summed E-state index contributed by atoms with van der Waals surface area (Å²) in [5.74, 6) is 1.51. The molecule has 7 nitrogen and oxygen atoms in total. The first-order chi connectivity index (χ1) is 10.3. The van der Waals surface area contributed by atoms with Crippen LogP contribution in [0.1, 0.15) is 17.8 Å². The highest BCUT2D eigenvalue weighted by Gasteiger charge is 2.30. The molecule has 1 saturated carbocycles. The minimum atomic E-state index is 0.457. The van der Waals surface area contributed by atoms with Crippen molar-refractivity contribution in [2.75, 3.05) is 5.32 Å². The maximum Gasteiger partial charge on any atom is 0.157 e. The van der Waals surface area contributed by atoms with E-state index in [4.69, 9.17) is 0 Å². The number of aryl methyl sites for hydroxylation is 1. The third-order valence-corrected chi connectivity index (χ3v) is 4.67. The molecule has 21 heavy (non-hydrogen) atoms. The first kappa shape index (κ1) is 12.6. The van der Waals surface area contributed by atoms with E-state index in [0.29, 0.717) is 12.0 Å². The van der Waals surface area contributed by atoms with Gasteiger partial charge in [-0.05, 0) is 25.7 Å². The fourth-order valence-corrected chi connectivity index (χ4v) is 3.51. The van der Waals surface area contributed by atoms with Crippen LogP contribution in [-0.4, -0.2) is 36.0 Å². The van der Waals surface area contributed by atoms with Crippen molar-refractivity contribution in [3.05, 3.63) is 23.7 Å². The number of hydrogen-bond acceptors (Lipinski definition) is 7. The van der Waals surface area contributed by atoms with Crippen molar-refractivity contribution in [2.24, 2.45) is 5.92 Å². The topological polar surface area (TPSA) is 81.4 Å². The Hall–Kier alpha value is -2.09. The highest BCUT2D eigenvalue weighted by atomic mass is 32.1. The molecule has 108 valence electrons. The Labute approximate surface area is 125 Å². The van der Waals surface area contributed by atoms with Gasteiger partial charge in [0.1, 0.15) is 16.7 Å². The molecule has 0 saturated heterocycles. The maximum atomic E-state index is 4.51. The van der Waals surface area contributed by atoms with Gasteiger partial charge in [0.15, 0.2) is 5.82 Å². The van der Waals surface area contributed by atoms with Crippen molar-refractivity contribution in [2.45, 2.75) is 32.4 Å². The number of nitrogens with one attached hydrogen (secondary N) is 1. The van der Waals surface area contributed by atoms with E-state index in [0.717, 1.165) is 40.6 Å². The molecule has 0 radical (unpaired) electrons. The molecule has 1 aliphatic rings. The monoisotopic (exact) mass is 301 g/mol. The number of hydrogen-bond donors (Lipinski definition) is 1. The number of nitrogens with zero attached hydrogens (tertiary/aromatic N) is 6. The first-order valence-corrected chi connectivity index (χ1v) is 7.78. The van der Waals surface area contributed by atoms with Gasteiger partial charge in [-0.1, -0.05) is 16.6 Å². The van der Waals surface area contributed by atoms with Crippen LogP contribution in [0.15, 0.2) is 18.7 Å². The molecule has 3 heterocycles. The quantitative estimate of drug-likeness (QED) is 0.792.